The predicted octanol–water partition coefficient (Wildman–Crippen LogP) is 5.00. The highest BCUT2D eigenvalue weighted by molar-refractivity contribution is 6.05. The Bertz CT molecular complexity index is 1190. The standard InChI is InChI=1S/C28H30FN3O3/c1-35-25-10-5-7-19(17-25)27(33)31-26-11-3-2-6-21(26)18-32(24-14-12-23(30)13-15-24)28(34)20-8-4-9-22(29)16-20/h2-11,16-17,23-24H,12-15,18,30H2,1H3,(H,31,33). The van der Waals surface area contributed by atoms with Crippen LogP contribution >= 0.6 is 0 Å². The van der Waals surface area contributed by atoms with Crippen molar-refractivity contribution in [3.63, 3.8) is 0 Å². The van der Waals surface area contributed by atoms with Crippen LogP contribution < -0.4 is 15.8 Å². The van der Waals surface area contributed by atoms with Crippen molar-refractivity contribution in [1.82, 2.24) is 4.90 Å². The average Bonchev–Trinajstić information content (AvgIpc) is 2.88. The molecule has 35 heavy (non-hydrogen) atoms. The second kappa shape index (κ2) is 11.1. The van der Waals surface area contributed by atoms with Gasteiger partial charge in [0.2, 0.25) is 0 Å². The molecule has 0 aromatic heterocycles. The number of hydrogen-bond donors (Lipinski definition) is 2. The normalized spacial score (nSPS) is 17.5. The lowest BCUT2D eigenvalue weighted by Crippen LogP contribution is -2.44. The van der Waals surface area contributed by atoms with Crippen LogP contribution in [0.4, 0.5) is 10.1 Å². The number of ether oxygens (including phenoxy) is 1. The zero-order valence-corrected chi connectivity index (χ0v) is 19.7. The van der Waals surface area contributed by atoms with Gasteiger partial charge < -0.3 is 20.7 Å². The summed E-state index contributed by atoms with van der Waals surface area (Å²) in [6.45, 7) is 0.282. The van der Waals surface area contributed by atoms with Crippen molar-refractivity contribution in [3.05, 3.63) is 95.3 Å². The number of nitrogens with one attached hydrogen (secondary N) is 1. The number of nitrogens with two attached hydrogens (primary N) is 1. The largest absolute Gasteiger partial charge is 0.497 e. The van der Waals surface area contributed by atoms with Crippen molar-refractivity contribution >= 4 is 17.5 Å². The van der Waals surface area contributed by atoms with E-state index in [4.69, 9.17) is 10.5 Å². The number of anilines is 1. The molecule has 0 atom stereocenters. The number of carbonyl (C=O) groups excluding carboxylic acids is 2. The summed E-state index contributed by atoms with van der Waals surface area (Å²) >= 11 is 0. The van der Waals surface area contributed by atoms with E-state index in [1.165, 1.54) is 12.1 Å². The van der Waals surface area contributed by atoms with E-state index >= 15 is 0 Å². The van der Waals surface area contributed by atoms with Gasteiger partial charge in [-0.2, -0.15) is 0 Å². The van der Waals surface area contributed by atoms with Crippen molar-refractivity contribution < 1.29 is 18.7 Å². The third kappa shape index (κ3) is 6.05. The van der Waals surface area contributed by atoms with Gasteiger partial charge in [-0.15, -0.1) is 0 Å². The maximum Gasteiger partial charge on any atom is 0.255 e. The second-order valence-electron chi connectivity index (χ2n) is 8.86. The first kappa shape index (κ1) is 24.4. The summed E-state index contributed by atoms with van der Waals surface area (Å²) in [7, 11) is 1.55. The Kier molecular flexibility index (Phi) is 7.77. The third-order valence-electron chi connectivity index (χ3n) is 6.45. The Morgan fingerprint density at radius 3 is 2.43 bits per heavy atom. The number of carbonyl (C=O) groups is 2. The number of halogens is 1. The lowest BCUT2D eigenvalue weighted by Gasteiger charge is -2.36. The van der Waals surface area contributed by atoms with Gasteiger partial charge in [0.1, 0.15) is 11.6 Å². The molecular formula is C28H30FN3O3. The molecule has 2 amide bonds. The van der Waals surface area contributed by atoms with Gasteiger partial charge in [-0.1, -0.05) is 30.3 Å². The first-order chi connectivity index (χ1) is 16.9. The Balaban J connectivity index is 1.60. The van der Waals surface area contributed by atoms with Crippen molar-refractivity contribution in [2.24, 2.45) is 5.73 Å². The molecule has 0 aliphatic heterocycles. The van der Waals surface area contributed by atoms with E-state index in [0.717, 1.165) is 31.2 Å². The Morgan fingerprint density at radius 2 is 1.69 bits per heavy atom. The van der Waals surface area contributed by atoms with Gasteiger partial charge in [-0.25, -0.2) is 4.39 Å². The highest BCUT2D eigenvalue weighted by Gasteiger charge is 2.29. The molecule has 4 rings (SSSR count). The van der Waals surface area contributed by atoms with Crippen LogP contribution in [0.15, 0.2) is 72.8 Å². The molecule has 182 valence electrons. The molecule has 3 N–H and O–H groups in total. The van der Waals surface area contributed by atoms with Crippen LogP contribution in [-0.2, 0) is 6.54 Å². The fourth-order valence-electron chi connectivity index (χ4n) is 4.49. The van der Waals surface area contributed by atoms with Crippen LogP contribution in [0.5, 0.6) is 5.75 Å². The van der Waals surface area contributed by atoms with Crippen molar-refractivity contribution in [1.29, 1.82) is 0 Å². The lowest BCUT2D eigenvalue weighted by atomic mass is 9.90. The number of nitrogens with zero attached hydrogens (tertiary/aromatic N) is 1. The number of benzene rings is 3. The smallest absolute Gasteiger partial charge is 0.255 e. The Hall–Kier alpha value is -3.71. The summed E-state index contributed by atoms with van der Waals surface area (Å²) in [5.74, 6) is -0.373. The number of para-hydroxylation sites is 1. The van der Waals surface area contributed by atoms with Gasteiger partial charge in [0.25, 0.3) is 11.8 Å². The van der Waals surface area contributed by atoms with E-state index in [1.807, 2.05) is 24.3 Å². The highest BCUT2D eigenvalue weighted by atomic mass is 19.1. The van der Waals surface area contributed by atoms with Gasteiger partial charge in [0.05, 0.1) is 7.11 Å². The molecular weight excluding hydrogens is 445 g/mol. The maximum absolute atomic E-state index is 13.9. The average molecular weight is 476 g/mol. The maximum atomic E-state index is 13.9. The molecule has 0 heterocycles. The molecule has 0 saturated heterocycles. The van der Waals surface area contributed by atoms with Crippen molar-refractivity contribution in [2.75, 3.05) is 12.4 Å². The molecule has 1 aliphatic carbocycles. The van der Waals surface area contributed by atoms with Crippen LogP contribution in [0.1, 0.15) is 52.0 Å². The first-order valence-electron chi connectivity index (χ1n) is 11.8. The SMILES string of the molecule is COc1cccc(C(=O)Nc2ccccc2CN(C(=O)c2cccc(F)c2)C2CCC(N)CC2)c1. The summed E-state index contributed by atoms with van der Waals surface area (Å²) in [6, 6.07) is 20.2. The summed E-state index contributed by atoms with van der Waals surface area (Å²) in [4.78, 5) is 28.3. The van der Waals surface area contributed by atoms with Gasteiger partial charge in [-0.3, -0.25) is 9.59 Å². The molecule has 0 spiro atoms. The number of amides is 2. The van der Waals surface area contributed by atoms with Gasteiger partial charge in [-0.05, 0) is 73.7 Å². The molecule has 0 bridgehead atoms. The Labute approximate surface area is 204 Å². The van der Waals surface area contributed by atoms with Gasteiger partial charge >= 0.3 is 0 Å². The molecule has 3 aromatic rings. The van der Waals surface area contributed by atoms with Crippen LogP contribution in [-0.4, -0.2) is 35.9 Å². The van der Waals surface area contributed by atoms with Crippen LogP contribution in [0, 0.1) is 5.82 Å². The first-order valence-corrected chi connectivity index (χ1v) is 11.8. The predicted molar refractivity (Wildman–Crippen MR) is 134 cm³/mol. The van der Waals surface area contributed by atoms with E-state index in [9.17, 15) is 14.0 Å². The van der Waals surface area contributed by atoms with Gasteiger partial charge in [0.15, 0.2) is 0 Å². The quantitative estimate of drug-likeness (QED) is 0.504. The minimum absolute atomic E-state index is 0.0206. The summed E-state index contributed by atoms with van der Waals surface area (Å²) in [6.07, 6.45) is 3.21. The zero-order valence-electron chi connectivity index (χ0n) is 19.7. The summed E-state index contributed by atoms with van der Waals surface area (Å²) in [5, 5.41) is 2.97. The van der Waals surface area contributed by atoms with Crippen LogP contribution in [0.25, 0.3) is 0 Å². The summed E-state index contributed by atoms with van der Waals surface area (Å²) in [5.41, 5.74) is 8.28. The second-order valence-corrected chi connectivity index (χ2v) is 8.86. The number of hydrogen-bond acceptors (Lipinski definition) is 4. The zero-order chi connectivity index (χ0) is 24.8. The van der Waals surface area contributed by atoms with E-state index in [-0.39, 0.29) is 30.4 Å². The van der Waals surface area contributed by atoms with Crippen molar-refractivity contribution in [2.45, 2.75) is 44.3 Å². The fourth-order valence-corrected chi connectivity index (χ4v) is 4.49. The number of rotatable bonds is 7. The van der Waals surface area contributed by atoms with E-state index in [0.29, 0.717) is 22.6 Å². The minimum atomic E-state index is -0.451. The molecule has 0 unspecified atom stereocenters. The number of methoxy groups -OCH3 is 1. The van der Waals surface area contributed by atoms with Crippen LogP contribution in [0.2, 0.25) is 0 Å². The summed E-state index contributed by atoms with van der Waals surface area (Å²) < 4.78 is 19.1. The molecule has 7 heteroatoms. The third-order valence-corrected chi connectivity index (χ3v) is 6.45. The van der Waals surface area contributed by atoms with Gasteiger partial charge in [0, 0.05) is 35.4 Å². The molecule has 1 aliphatic rings. The van der Waals surface area contributed by atoms with Crippen molar-refractivity contribution in [3.8, 4) is 5.75 Å². The van der Waals surface area contributed by atoms with Crippen LogP contribution in [0.3, 0.4) is 0 Å². The molecule has 6 nitrogen and oxygen atoms in total. The lowest BCUT2D eigenvalue weighted by molar-refractivity contribution is 0.0606. The Morgan fingerprint density at radius 1 is 0.971 bits per heavy atom. The van der Waals surface area contributed by atoms with E-state index in [1.54, 1.807) is 48.4 Å². The van der Waals surface area contributed by atoms with E-state index in [2.05, 4.69) is 5.32 Å². The molecule has 0 radical (unpaired) electrons. The van der Waals surface area contributed by atoms with E-state index < -0.39 is 5.82 Å². The molecule has 1 saturated carbocycles. The topological polar surface area (TPSA) is 84.7 Å². The fraction of sp³-hybridized carbons (Fsp3) is 0.286. The monoisotopic (exact) mass is 475 g/mol. The highest BCUT2D eigenvalue weighted by Crippen LogP contribution is 2.28. The molecule has 1 fully saturated rings. The molecule has 3 aromatic carbocycles. The minimum Gasteiger partial charge on any atom is -0.497 e.